The summed E-state index contributed by atoms with van der Waals surface area (Å²) in [4.78, 5) is 80.6. The molecule has 0 unspecified atom stereocenters. The minimum atomic E-state index is -5.41. The van der Waals surface area contributed by atoms with Gasteiger partial charge in [0.15, 0.2) is 11.3 Å². The molecular weight excluding hydrogens is 575 g/mol. The van der Waals surface area contributed by atoms with Gasteiger partial charge >= 0.3 is 23.9 Å². The predicted molar refractivity (Wildman–Crippen MR) is 148 cm³/mol. The van der Waals surface area contributed by atoms with Crippen LogP contribution in [-0.4, -0.2) is 83.9 Å². The molecule has 3 rings (SSSR count). The molecule has 43 heavy (non-hydrogen) atoms. The molecule has 2 heterocycles. The van der Waals surface area contributed by atoms with Crippen molar-refractivity contribution in [2.75, 3.05) is 6.54 Å². The third-order valence-corrected chi connectivity index (χ3v) is 7.93. The molecule has 1 fully saturated rings. The lowest BCUT2D eigenvalue weighted by molar-refractivity contribution is -0.179. The number of Topliss-reactive ketones (excluding diaryl/α,β-unsaturated/α-hetero) is 2. The van der Waals surface area contributed by atoms with Gasteiger partial charge in [-0.1, -0.05) is 39.8 Å². The molecule has 1 saturated heterocycles. The second-order valence-electron chi connectivity index (χ2n) is 11.5. The smallest absolute Gasteiger partial charge is 0.452 e. The zero-order chi connectivity index (χ0) is 32.6. The molecule has 0 spiro atoms. The maximum absolute atomic E-state index is 14.3. The molecule has 0 saturated carbocycles. The molecule has 2 aromatic rings. The average molecular weight is 612 g/mol. The maximum atomic E-state index is 14.3. The van der Waals surface area contributed by atoms with Gasteiger partial charge in [0.25, 0.3) is 11.7 Å². The van der Waals surface area contributed by atoms with Gasteiger partial charge in [0.05, 0.1) is 17.6 Å². The van der Waals surface area contributed by atoms with Crippen LogP contribution >= 0.6 is 0 Å². The number of carbonyl (C=O) groups excluding carboxylic acids is 4. The quantitative estimate of drug-likeness (QED) is 0.387. The Balaban J connectivity index is 2.18. The van der Waals surface area contributed by atoms with E-state index in [1.807, 2.05) is 0 Å². The van der Waals surface area contributed by atoms with E-state index < -0.39 is 83.9 Å². The van der Waals surface area contributed by atoms with Crippen molar-refractivity contribution in [2.45, 2.75) is 84.3 Å². The normalized spacial score (nSPS) is 17.7. The SMILES string of the molecule is CC(C)[C@@H](C(=O)C(F)(F)F)N(C(=O)N1CCC[C@H]1C)C(=O)[C@](N)(C(=O)Cn1c(=O)n(CC(=O)O)c2ccccc21)C(C)C. The number of amides is 3. The van der Waals surface area contributed by atoms with Crippen LogP contribution in [0, 0.1) is 11.8 Å². The zero-order valence-electron chi connectivity index (χ0n) is 24.6. The average Bonchev–Trinajstić information content (AvgIpc) is 3.45. The highest BCUT2D eigenvalue weighted by Crippen LogP contribution is 2.31. The maximum Gasteiger partial charge on any atom is 0.452 e. The number of carbonyl (C=O) groups is 5. The van der Waals surface area contributed by atoms with Gasteiger partial charge in [0.1, 0.15) is 12.6 Å². The summed E-state index contributed by atoms with van der Waals surface area (Å²) in [5, 5.41) is 9.29. The molecule has 1 aromatic carbocycles. The lowest BCUT2D eigenvalue weighted by Crippen LogP contribution is -2.70. The number of imide groups is 1. The van der Waals surface area contributed by atoms with Crippen LogP contribution in [0.15, 0.2) is 29.1 Å². The third kappa shape index (κ3) is 6.21. The van der Waals surface area contributed by atoms with E-state index in [0.29, 0.717) is 12.8 Å². The number of urea groups is 1. The first-order valence-corrected chi connectivity index (χ1v) is 13.8. The second-order valence-corrected chi connectivity index (χ2v) is 11.5. The van der Waals surface area contributed by atoms with Crippen molar-refractivity contribution in [3.63, 3.8) is 0 Å². The Bertz CT molecular complexity index is 1500. The summed E-state index contributed by atoms with van der Waals surface area (Å²) in [6.07, 6.45) is -4.40. The third-order valence-electron chi connectivity index (χ3n) is 7.93. The van der Waals surface area contributed by atoms with E-state index in [2.05, 4.69) is 0 Å². The highest BCUT2D eigenvalue weighted by molar-refractivity contribution is 6.16. The van der Waals surface area contributed by atoms with Crippen molar-refractivity contribution < 1.29 is 42.3 Å². The number of fused-ring (bicyclic) bond motifs is 1. The van der Waals surface area contributed by atoms with Crippen LogP contribution in [-0.2, 0) is 32.3 Å². The summed E-state index contributed by atoms with van der Waals surface area (Å²) in [5.74, 6) is -8.63. The first-order chi connectivity index (χ1) is 19.8. The summed E-state index contributed by atoms with van der Waals surface area (Å²) < 4.78 is 43.2. The minimum absolute atomic E-state index is 0.112. The van der Waals surface area contributed by atoms with E-state index in [0.717, 1.165) is 9.13 Å². The number of nitrogens with two attached hydrogens (primary N) is 1. The molecule has 15 heteroatoms. The number of hydrogen-bond acceptors (Lipinski definition) is 7. The van der Waals surface area contributed by atoms with Crippen molar-refractivity contribution in [3.8, 4) is 0 Å². The fourth-order valence-corrected chi connectivity index (χ4v) is 5.45. The first-order valence-electron chi connectivity index (χ1n) is 13.8. The fourth-order valence-electron chi connectivity index (χ4n) is 5.45. The fraction of sp³-hybridized carbons (Fsp3) is 0.571. The number of aliphatic carboxylic acids is 1. The van der Waals surface area contributed by atoms with Crippen LogP contribution in [0.5, 0.6) is 0 Å². The Hall–Kier alpha value is -4.01. The van der Waals surface area contributed by atoms with Crippen molar-refractivity contribution in [3.05, 3.63) is 34.7 Å². The number of halogens is 3. The number of carboxylic acid groups (broad SMARTS) is 1. The highest BCUT2D eigenvalue weighted by atomic mass is 19.4. The number of hydrogen-bond donors (Lipinski definition) is 2. The lowest BCUT2D eigenvalue weighted by atomic mass is 9.80. The van der Waals surface area contributed by atoms with Crippen molar-refractivity contribution in [1.82, 2.24) is 18.9 Å². The molecule has 3 amide bonds. The number of aromatic nitrogens is 2. The van der Waals surface area contributed by atoms with Gasteiger partial charge in [-0.25, -0.2) is 9.59 Å². The van der Waals surface area contributed by atoms with Crippen molar-refractivity contribution in [1.29, 1.82) is 0 Å². The van der Waals surface area contributed by atoms with E-state index >= 15 is 0 Å². The second kappa shape index (κ2) is 12.3. The summed E-state index contributed by atoms with van der Waals surface area (Å²) in [6.45, 7) is 5.33. The molecule has 1 aliphatic rings. The van der Waals surface area contributed by atoms with Crippen LogP contribution in [0.3, 0.4) is 0 Å². The van der Waals surface area contributed by atoms with Gasteiger partial charge < -0.3 is 15.7 Å². The molecule has 0 aliphatic carbocycles. The van der Waals surface area contributed by atoms with Gasteiger partial charge in [-0.2, -0.15) is 13.2 Å². The Kier molecular flexibility index (Phi) is 9.59. The number of alkyl halides is 3. The number of nitrogens with zero attached hydrogens (tertiary/aromatic N) is 4. The molecule has 1 aliphatic heterocycles. The molecule has 0 bridgehead atoms. The van der Waals surface area contributed by atoms with Crippen LogP contribution < -0.4 is 11.4 Å². The van der Waals surface area contributed by atoms with Crippen LogP contribution in [0.4, 0.5) is 18.0 Å². The van der Waals surface area contributed by atoms with E-state index in [1.54, 1.807) is 13.0 Å². The number of likely N-dealkylation sites (tertiary alicyclic amines) is 1. The summed E-state index contributed by atoms with van der Waals surface area (Å²) in [7, 11) is 0. The van der Waals surface area contributed by atoms with Crippen molar-refractivity contribution >= 4 is 40.5 Å². The van der Waals surface area contributed by atoms with Gasteiger partial charge in [0.2, 0.25) is 0 Å². The Morgan fingerprint density at radius 3 is 1.98 bits per heavy atom. The van der Waals surface area contributed by atoms with Gasteiger partial charge in [-0.05, 0) is 43.7 Å². The monoisotopic (exact) mass is 611 g/mol. The molecule has 12 nitrogen and oxygen atoms in total. The lowest BCUT2D eigenvalue weighted by Gasteiger charge is -2.41. The molecular formula is C28H36F3N5O7. The largest absolute Gasteiger partial charge is 0.480 e. The standard InChI is InChI=1S/C28H36F3N5O7/c1-15(2)22(23(40)28(29,30)31)36(26(43)33-12-8-9-17(33)5)24(41)27(32,16(3)4)20(37)13-34-18-10-6-7-11-19(18)35(25(34)42)14-21(38)39/h6-7,10-11,15-17,22H,8-9,12-14,32H2,1-5H3,(H,38,39)/t17-,22+,27-/m1/s1. The Morgan fingerprint density at radius 1 is 1.02 bits per heavy atom. The van der Waals surface area contributed by atoms with Gasteiger partial charge in [-0.3, -0.25) is 33.2 Å². The predicted octanol–water partition coefficient (Wildman–Crippen LogP) is 2.40. The van der Waals surface area contributed by atoms with Crippen molar-refractivity contribution in [2.24, 2.45) is 17.6 Å². The first kappa shape index (κ1) is 33.5. The molecule has 0 radical (unpaired) electrons. The number of para-hydroxylation sites is 2. The summed E-state index contributed by atoms with van der Waals surface area (Å²) in [5.41, 5.74) is 3.22. The number of imidazole rings is 1. The molecule has 3 atom stereocenters. The molecule has 3 N–H and O–H groups in total. The topological polar surface area (TPSA) is 165 Å². The highest BCUT2D eigenvalue weighted by Gasteiger charge is 2.56. The van der Waals surface area contributed by atoms with E-state index in [9.17, 15) is 47.0 Å². The van der Waals surface area contributed by atoms with Gasteiger partial charge in [-0.15, -0.1) is 0 Å². The van der Waals surface area contributed by atoms with Crippen LogP contribution in [0.2, 0.25) is 0 Å². The number of benzene rings is 1. The Morgan fingerprint density at radius 2 is 1.56 bits per heavy atom. The summed E-state index contributed by atoms with van der Waals surface area (Å²) in [6, 6.07) is 2.02. The van der Waals surface area contributed by atoms with E-state index in [-0.39, 0.29) is 22.5 Å². The Labute approximate surface area is 245 Å². The molecule has 236 valence electrons. The van der Waals surface area contributed by atoms with E-state index in [1.165, 1.54) is 50.8 Å². The number of rotatable bonds is 10. The van der Waals surface area contributed by atoms with E-state index in [4.69, 9.17) is 5.73 Å². The number of ketones is 2. The number of carboxylic acids is 1. The van der Waals surface area contributed by atoms with Crippen LogP contribution in [0.25, 0.3) is 11.0 Å². The van der Waals surface area contributed by atoms with Gasteiger partial charge in [0, 0.05) is 12.6 Å². The summed E-state index contributed by atoms with van der Waals surface area (Å²) >= 11 is 0. The molecule has 1 aromatic heterocycles. The van der Waals surface area contributed by atoms with Crippen LogP contribution in [0.1, 0.15) is 47.5 Å². The minimum Gasteiger partial charge on any atom is -0.480 e. The zero-order valence-corrected chi connectivity index (χ0v) is 24.6.